The Balaban J connectivity index is 1.70. The fourth-order valence-electron chi connectivity index (χ4n) is 3.34. The van der Waals surface area contributed by atoms with Crippen LogP contribution in [0.3, 0.4) is 0 Å². The van der Waals surface area contributed by atoms with E-state index in [1.807, 2.05) is 0 Å². The van der Waals surface area contributed by atoms with Crippen LogP contribution in [-0.2, 0) is 13.0 Å². The molecule has 1 aromatic rings. The summed E-state index contributed by atoms with van der Waals surface area (Å²) >= 11 is 3.61. The van der Waals surface area contributed by atoms with Crippen LogP contribution >= 0.6 is 15.9 Å². The van der Waals surface area contributed by atoms with Crippen molar-refractivity contribution in [3.8, 4) is 5.75 Å². The summed E-state index contributed by atoms with van der Waals surface area (Å²) in [4.78, 5) is 0. The van der Waals surface area contributed by atoms with Gasteiger partial charge >= 0.3 is 0 Å². The van der Waals surface area contributed by atoms with Gasteiger partial charge in [0, 0.05) is 29.0 Å². The van der Waals surface area contributed by atoms with Crippen LogP contribution < -0.4 is 10.1 Å². The van der Waals surface area contributed by atoms with Crippen LogP contribution in [0, 0.1) is 5.92 Å². The van der Waals surface area contributed by atoms with Gasteiger partial charge in [0.1, 0.15) is 5.75 Å². The van der Waals surface area contributed by atoms with Crippen molar-refractivity contribution in [3.63, 3.8) is 0 Å². The van der Waals surface area contributed by atoms with Gasteiger partial charge in [0.05, 0.1) is 6.61 Å². The normalized spacial score (nSPS) is 26.0. The summed E-state index contributed by atoms with van der Waals surface area (Å²) in [6, 6.07) is 5.06. The molecule has 3 rings (SSSR count). The number of nitrogens with one attached hydrogen (secondary N) is 1. The van der Waals surface area contributed by atoms with Gasteiger partial charge in [0.15, 0.2) is 0 Å². The molecule has 0 bridgehead atoms. The highest BCUT2D eigenvalue weighted by atomic mass is 79.9. The Morgan fingerprint density at radius 2 is 2.16 bits per heavy atom. The van der Waals surface area contributed by atoms with E-state index in [-0.39, 0.29) is 0 Å². The van der Waals surface area contributed by atoms with Gasteiger partial charge in [-0.2, -0.15) is 0 Å². The van der Waals surface area contributed by atoms with E-state index < -0.39 is 0 Å². The number of ether oxygens (including phenoxy) is 1. The van der Waals surface area contributed by atoms with E-state index in [1.165, 1.54) is 41.3 Å². The molecule has 1 aliphatic carbocycles. The molecule has 2 nitrogen and oxygen atoms in total. The molecule has 0 amide bonds. The fraction of sp³-hybridized carbons (Fsp3) is 0.625. The van der Waals surface area contributed by atoms with E-state index in [0.29, 0.717) is 6.04 Å². The number of benzene rings is 1. The molecular formula is C16H22BrNO. The van der Waals surface area contributed by atoms with Crippen LogP contribution in [0.15, 0.2) is 16.6 Å². The third-order valence-corrected chi connectivity index (χ3v) is 4.95. The average molecular weight is 324 g/mol. The first-order valence-corrected chi connectivity index (χ1v) is 8.21. The highest BCUT2D eigenvalue weighted by Crippen LogP contribution is 2.33. The molecule has 0 spiro atoms. The van der Waals surface area contributed by atoms with Gasteiger partial charge in [-0.05, 0) is 36.5 Å². The molecule has 0 saturated heterocycles. The van der Waals surface area contributed by atoms with Crippen LogP contribution in [0.1, 0.15) is 43.7 Å². The molecule has 1 aromatic carbocycles. The number of fused-ring (bicyclic) bond motifs is 1. The molecule has 2 unspecified atom stereocenters. The minimum atomic E-state index is 0.671. The lowest BCUT2D eigenvalue weighted by molar-refractivity contribution is 0.277. The predicted molar refractivity (Wildman–Crippen MR) is 81.6 cm³/mol. The molecule has 1 heterocycles. The molecule has 2 atom stereocenters. The van der Waals surface area contributed by atoms with E-state index in [0.717, 1.165) is 31.2 Å². The zero-order valence-electron chi connectivity index (χ0n) is 11.5. The molecule has 104 valence electrons. The Bertz CT molecular complexity index is 460. The molecule has 0 radical (unpaired) electrons. The van der Waals surface area contributed by atoms with E-state index in [9.17, 15) is 0 Å². The van der Waals surface area contributed by atoms with Gasteiger partial charge in [0.2, 0.25) is 0 Å². The lowest BCUT2D eigenvalue weighted by atomic mass is 9.86. The Morgan fingerprint density at radius 1 is 1.32 bits per heavy atom. The van der Waals surface area contributed by atoms with Gasteiger partial charge in [0.25, 0.3) is 0 Å². The lowest BCUT2D eigenvalue weighted by Gasteiger charge is -2.30. The third kappa shape index (κ3) is 2.97. The van der Waals surface area contributed by atoms with Gasteiger partial charge in [-0.1, -0.05) is 35.7 Å². The Hall–Kier alpha value is -0.540. The second kappa shape index (κ2) is 5.84. The Kier molecular flexibility index (Phi) is 4.13. The monoisotopic (exact) mass is 323 g/mol. The second-order valence-corrected chi connectivity index (χ2v) is 6.82. The van der Waals surface area contributed by atoms with Gasteiger partial charge < -0.3 is 10.1 Å². The van der Waals surface area contributed by atoms with Crippen molar-refractivity contribution in [1.29, 1.82) is 0 Å². The maximum absolute atomic E-state index is 5.79. The van der Waals surface area contributed by atoms with Gasteiger partial charge in [-0.25, -0.2) is 0 Å². The molecule has 0 aromatic heterocycles. The van der Waals surface area contributed by atoms with Crippen LogP contribution in [0.4, 0.5) is 0 Å². The van der Waals surface area contributed by atoms with E-state index in [4.69, 9.17) is 4.74 Å². The fourth-order valence-corrected chi connectivity index (χ4v) is 3.89. The number of hydrogen-bond acceptors (Lipinski definition) is 2. The summed E-state index contributed by atoms with van der Waals surface area (Å²) in [6.45, 7) is 4.13. The summed E-state index contributed by atoms with van der Waals surface area (Å²) in [6.07, 6.45) is 6.49. The summed E-state index contributed by atoms with van der Waals surface area (Å²) in [5.74, 6) is 1.93. The smallest absolute Gasteiger partial charge is 0.127 e. The zero-order valence-corrected chi connectivity index (χ0v) is 13.1. The Morgan fingerprint density at radius 3 is 3.00 bits per heavy atom. The molecule has 3 heteroatoms. The quantitative estimate of drug-likeness (QED) is 0.906. The second-order valence-electron chi connectivity index (χ2n) is 5.90. The van der Waals surface area contributed by atoms with Gasteiger partial charge in [-0.15, -0.1) is 0 Å². The predicted octanol–water partition coefficient (Wildman–Crippen LogP) is 4.05. The Labute approximate surface area is 124 Å². The standard InChI is InChI=1S/C16H22BrNO/c1-11-4-2-3-5-15(11)18-10-13-9-14(17)8-12-6-7-19-16(12)13/h8-9,11,15,18H,2-7,10H2,1H3. The van der Waals surface area contributed by atoms with E-state index in [1.54, 1.807) is 0 Å². The van der Waals surface area contributed by atoms with Crippen molar-refractivity contribution in [1.82, 2.24) is 5.32 Å². The van der Waals surface area contributed by atoms with Crippen molar-refractivity contribution < 1.29 is 4.74 Å². The zero-order chi connectivity index (χ0) is 13.2. The number of hydrogen-bond donors (Lipinski definition) is 1. The maximum Gasteiger partial charge on any atom is 0.127 e. The summed E-state index contributed by atoms with van der Waals surface area (Å²) in [7, 11) is 0. The average Bonchev–Trinajstić information content (AvgIpc) is 2.85. The van der Waals surface area contributed by atoms with Gasteiger partial charge in [-0.3, -0.25) is 0 Å². The maximum atomic E-state index is 5.79. The molecular weight excluding hydrogens is 302 g/mol. The molecule has 1 saturated carbocycles. The molecule has 19 heavy (non-hydrogen) atoms. The number of rotatable bonds is 3. The van der Waals surface area contributed by atoms with Crippen LogP contribution in [0.25, 0.3) is 0 Å². The van der Waals surface area contributed by atoms with Crippen LogP contribution in [0.2, 0.25) is 0 Å². The van der Waals surface area contributed by atoms with Crippen LogP contribution in [-0.4, -0.2) is 12.6 Å². The highest BCUT2D eigenvalue weighted by molar-refractivity contribution is 9.10. The van der Waals surface area contributed by atoms with Crippen molar-refractivity contribution >= 4 is 15.9 Å². The van der Waals surface area contributed by atoms with Crippen molar-refractivity contribution in [2.45, 2.75) is 51.6 Å². The minimum absolute atomic E-state index is 0.671. The van der Waals surface area contributed by atoms with Crippen LogP contribution in [0.5, 0.6) is 5.75 Å². The van der Waals surface area contributed by atoms with Crippen molar-refractivity contribution in [3.05, 3.63) is 27.7 Å². The molecule has 1 aliphatic heterocycles. The van der Waals surface area contributed by atoms with E-state index >= 15 is 0 Å². The first-order valence-electron chi connectivity index (χ1n) is 7.41. The summed E-state index contributed by atoms with van der Waals surface area (Å²) in [5, 5.41) is 3.74. The molecule has 2 aliphatic rings. The topological polar surface area (TPSA) is 21.3 Å². The summed E-state index contributed by atoms with van der Waals surface area (Å²) in [5.41, 5.74) is 2.66. The SMILES string of the molecule is CC1CCCCC1NCc1cc(Br)cc2c1OCC2. The molecule has 1 fully saturated rings. The summed E-state index contributed by atoms with van der Waals surface area (Å²) < 4.78 is 6.96. The largest absolute Gasteiger partial charge is 0.493 e. The van der Waals surface area contributed by atoms with Crippen molar-refractivity contribution in [2.24, 2.45) is 5.92 Å². The first-order chi connectivity index (χ1) is 9.24. The lowest BCUT2D eigenvalue weighted by Crippen LogP contribution is -2.36. The van der Waals surface area contributed by atoms with Crippen molar-refractivity contribution in [2.75, 3.05) is 6.61 Å². The number of halogens is 1. The minimum Gasteiger partial charge on any atom is -0.493 e. The highest BCUT2D eigenvalue weighted by Gasteiger charge is 2.22. The molecule has 1 N–H and O–H groups in total. The third-order valence-electron chi connectivity index (χ3n) is 4.49. The first kappa shape index (κ1) is 13.4. The van der Waals surface area contributed by atoms with E-state index in [2.05, 4.69) is 40.3 Å².